The van der Waals surface area contributed by atoms with Crippen molar-refractivity contribution >= 4 is 85.0 Å². The number of halogens is 3. The van der Waals surface area contributed by atoms with Gasteiger partial charge in [0.25, 0.3) is 0 Å². The molecule has 0 fully saturated rings. The SMILES string of the molecule is Clc1cc2[nH]nc(NCc3ccc[nH]3)c2cc1-c1ccccc1.Clc1cc2[nH]nc(NCc3cnc[nH]3)c2cc1-c1ccccc1.Clc1cc2[nH]nc(NCc3ncc[nH]3)c2cc1-c1ccccc1. The van der Waals surface area contributed by atoms with Crippen molar-refractivity contribution in [3.05, 3.63) is 203 Å². The highest BCUT2D eigenvalue weighted by atomic mass is 35.5. The molecule has 69 heavy (non-hydrogen) atoms. The quantitative estimate of drug-likeness (QED) is 0.0577. The summed E-state index contributed by atoms with van der Waals surface area (Å²) in [5, 5.41) is 37.2. The molecule has 0 saturated carbocycles. The van der Waals surface area contributed by atoms with Crippen molar-refractivity contribution in [2.24, 2.45) is 0 Å². The van der Waals surface area contributed by atoms with Gasteiger partial charge in [0.2, 0.25) is 0 Å². The van der Waals surface area contributed by atoms with Gasteiger partial charge in [0.1, 0.15) is 5.82 Å². The van der Waals surface area contributed by atoms with Crippen LogP contribution >= 0.6 is 34.8 Å². The zero-order chi connectivity index (χ0) is 46.9. The molecule has 14 nitrogen and oxygen atoms in total. The third-order valence-corrected chi connectivity index (χ3v) is 12.2. The van der Waals surface area contributed by atoms with E-state index in [0.717, 1.165) is 101 Å². The number of rotatable bonds is 12. The Hall–Kier alpha value is -8.30. The van der Waals surface area contributed by atoms with Crippen molar-refractivity contribution in [2.75, 3.05) is 16.0 Å². The molecule has 17 heteroatoms. The number of anilines is 3. The Kier molecular flexibility index (Phi) is 13.4. The van der Waals surface area contributed by atoms with E-state index in [2.05, 4.69) is 102 Å². The molecule has 6 heterocycles. The van der Waals surface area contributed by atoms with Gasteiger partial charge in [0, 0.05) is 63.3 Å². The van der Waals surface area contributed by atoms with E-state index >= 15 is 0 Å². The predicted molar refractivity (Wildman–Crippen MR) is 280 cm³/mol. The first kappa shape index (κ1) is 44.5. The molecule has 6 aromatic heterocycles. The number of nitrogens with zero attached hydrogens (tertiary/aromatic N) is 5. The van der Waals surface area contributed by atoms with Crippen molar-refractivity contribution in [3.63, 3.8) is 0 Å². The number of fused-ring (bicyclic) bond motifs is 3. The van der Waals surface area contributed by atoms with Gasteiger partial charge in [0.15, 0.2) is 17.5 Å². The van der Waals surface area contributed by atoms with E-state index in [1.807, 2.05) is 115 Å². The van der Waals surface area contributed by atoms with Crippen LogP contribution in [-0.4, -0.2) is 55.5 Å². The first-order valence-electron chi connectivity index (χ1n) is 21.9. The summed E-state index contributed by atoms with van der Waals surface area (Å²) >= 11 is 19.3. The molecule has 0 aliphatic heterocycles. The molecule has 6 aromatic carbocycles. The van der Waals surface area contributed by atoms with Crippen LogP contribution in [0.15, 0.2) is 171 Å². The Morgan fingerprint density at radius 3 is 1.28 bits per heavy atom. The highest BCUT2D eigenvalue weighted by molar-refractivity contribution is 6.35. The van der Waals surface area contributed by atoms with Crippen LogP contribution in [0.1, 0.15) is 17.2 Å². The van der Waals surface area contributed by atoms with Gasteiger partial charge in [-0.1, -0.05) is 126 Å². The fraction of sp³-hybridized carbons (Fsp3) is 0.0577. The minimum atomic E-state index is 0.580. The molecule has 0 aliphatic carbocycles. The number of hydrogen-bond donors (Lipinski definition) is 9. The second kappa shape index (κ2) is 20.7. The van der Waals surface area contributed by atoms with Crippen LogP contribution in [0.5, 0.6) is 0 Å². The van der Waals surface area contributed by atoms with Gasteiger partial charge in [-0.25, -0.2) is 9.97 Å². The van der Waals surface area contributed by atoms with Crippen LogP contribution < -0.4 is 16.0 Å². The molecule has 342 valence electrons. The van der Waals surface area contributed by atoms with Crippen LogP contribution in [0.4, 0.5) is 17.5 Å². The summed E-state index contributed by atoms with van der Waals surface area (Å²) in [4.78, 5) is 17.5. The van der Waals surface area contributed by atoms with Gasteiger partial charge in [0.05, 0.1) is 63.3 Å². The molecular weight excluding hydrogens is 927 g/mol. The molecule has 0 saturated heterocycles. The largest absolute Gasteiger partial charge is 0.364 e. The first-order chi connectivity index (χ1) is 33.9. The predicted octanol–water partition coefficient (Wildman–Crippen LogP) is 13.3. The summed E-state index contributed by atoms with van der Waals surface area (Å²) in [6.45, 7) is 1.90. The van der Waals surface area contributed by atoms with Crippen molar-refractivity contribution in [1.29, 1.82) is 0 Å². The van der Waals surface area contributed by atoms with Crippen molar-refractivity contribution < 1.29 is 0 Å². The topological polar surface area (TPSA) is 195 Å². The highest BCUT2D eigenvalue weighted by Gasteiger charge is 2.14. The number of hydrogen-bond acceptors (Lipinski definition) is 8. The number of imidazole rings is 2. The monoisotopic (exact) mass is 968 g/mol. The highest BCUT2D eigenvalue weighted by Crippen LogP contribution is 2.37. The van der Waals surface area contributed by atoms with Crippen LogP contribution in [0, 0.1) is 0 Å². The zero-order valence-electron chi connectivity index (χ0n) is 36.7. The summed E-state index contributed by atoms with van der Waals surface area (Å²) in [6, 6.07) is 46.2. The summed E-state index contributed by atoms with van der Waals surface area (Å²) in [5.41, 5.74) is 11.1. The van der Waals surface area contributed by atoms with E-state index in [9.17, 15) is 0 Å². The summed E-state index contributed by atoms with van der Waals surface area (Å²) in [5.74, 6) is 3.26. The van der Waals surface area contributed by atoms with Gasteiger partial charge >= 0.3 is 0 Å². The lowest BCUT2D eigenvalue weighted by Gasteiger charge is -2.06. The maximum atomic E-state index is 6.43. The van der Waals surface area contributed by atoms with E-state index < -0.39 is 0 Å². The lowest BCUT2D eigenvalue weighted by molar-refractivity contribution is 0.980. The molecule has 0 spiro atoms. The van der Waals surface area contributed by atoms with E-state index in [1.54, 1.807) is 24.9 Å². The molecule has 0 aliphatic rings. The molecule has 12 aromatic rings. The van der Waals surface area contributed by atoms with E-state index in [0.29, 0.717) is 34.7 Å². The van der Waals surface area contributed by atoms with Gasteiger partial charge in [-0.3, -0.25) is 15.3 Å². The fourth-order valence-electron chi connectivity index (χ4n) is 7.81. The first-order valence-corrected chi connectivity index (χ1v) is 23.1. The number of benzene rings is 6. The van der Waals surface area contributed by atoms with Crippen molar-refractivity contribution in [1.82, 2.24) is 55.5 Å². The third kappa shape index (κ3) is 10.3. The minimum Gasteiger partial charge on any atom is -0.364 e. The molecule has 0 atom stereocenters. The van der Waals surface area contributed by atoms with Crippen LogP contribution in [0.3, 0.4) is 0 Å². The molecule has 0 amide bonds. The van der Waals surface area contributed by atoms with Crippen LogP contribution in [0.2, 0.25) is 15.1 Å². The van der Waals surface area contributed by atoms with E-state index in [4.69, 9.17) is 34.8 Å². The molecule has 0 bridgehead atoms. The van der Waals surface area contributed by atoms with Crippen LogP contribution in [-0.2, 0) is 19.6 Å². The standard InChI is InChI=1S/C18H15ClN4.2C17H14ClN5/c19-16-10-17-15(9-14(16)12-5-2-1-3-6-12)18(23-22-17)21-11-13-7-4-8-20-13;18-15-7-16-14(6-13(15)11-4-2-1-3-5-11)17(23-22-16)20-9-12-8-19-10-21-12;18-14-9-15-13(8-12(14)11-4-2-1-3-5-11)17(23-22-15)21-10-16-19-6-7-20-16/h1-10,20H,11H2,(H2,21,22,23);1-8,10H,9H2,(H,19,21)(H2,20,22,23);1-9H,10H2,(H,19,20)(H2,21,22,23). The van der Waals surface area contributed by atoms with Crippen LogP contribution in [0.25, 0.3) is 66.1 Å². The lowest BCUT2D eigenvalue weighted by atomic mass is 10.0. The second-order valence-corrected chi connectivity index (χ2v) is 17.0. The molecule has 0 unspecified atom stereocenters. The van der Waals surface area contributed by atoms with E-state index in [-0.39, 0.29) is 0 Å². The van der Waals surface area contributed by atoms with Gasteiger partial charge in [-0.2, -0.15) is 15.3 Å². The second-order valence-electron chi connectivity index (χ2n) is 15.8. The smallest absolute Gasteiger partial charge is 0.156 e. The number of nitrogens with one attached hydrogen (secondary N) is 9. The fourth-order valence-corrected chi connectivity index (χ4v) is 8.63. The minimum absolute atomic E-state index is 0.580. The maximum Gasteiger partial charge on any atom is 0.156 e. The summed E-state index contributed by atoms with van der Waals surface area (Å²) < 4.78 is 0. The average Bonchev–Trinajstić information content (AvgIpc) is 4.26. The Balaban J connectivity index is 0.000000120. The third-order valence-electron chi connectivity index (χ3n) is 11.3. The Morgan fingerprint density at radius 1 is 0.435 bits per heavy atom. The maximum absolute atomic E-state index is 6.43. The molecular formula is C52H43Cl3N14. The molecule has 0 radical (unpaired) electrons. The summed E-state index contributed by atoms with van der Waals surface area (Å²) in [6.07, 6.45) is 8.88. The molecule has 9 N–H and O–H groups in total. The Morgan fingerprint density at radius 2 is 0.884 bits per heavy atom. The number of aromatic amines is 6. The van der Waals surface area contributed by atoms with Crippen molar-refractivity contribution in [2.45, 2.75) is 19.6 Å². The molecule has 12 rings (SSSR count). The van der Waals surface area contributed by atoms with Gasteiger partial charge in [-0.15, -0.1) is 0 Å². The Bertz CT molecular complexity index is 3160. The van der Waals surface area contributed by atoms with Gasteiger partial charge in [-0.05, 0) is 65.2 Å². The number of aromatic nitrogens is 11. The lowest BCUT2D eigenvalue weighted by Crippen LogP contribution is -2.01. The average molecular weight is 970 g/mol. The van der Waals surface area contributed by atoms with E-state index in [1.165, 1.54) is 0 Å². The van der Waals surface area contributed by atoms with Gasteiger partial charge < -0.3 is 30.9 Å². The number of H-pyrrole nitrogens is 6. The summed E-state index contributed by atoms with van der Waals surface area (Å²) in [7, 11) is 0. The normalized spacial score (nSPS) is 11.0. The van der Waals surface area contributed by atoms with Crippen molar-refractivity contribution in [3.8, 4) is 33.4 Å². The zero-order valence-corrected chi connectivity index (χ0v) is 38.9. The Labute approximate surface area is 410 Å².